The number of carbonyl (C=O) groups excluding carboxylic acids is 1. The molecule has 0 unspecified atom stereocenters. The molecule has 2 aromatic rings. The lowest BCUT2D eigenvalue weighted by Crippen LogP contribution is -2.28. The number of amides is 1. The number of anilines is 1. The van der Waals surface area contributed by atoms with Crippen LogP contribution < -0.4 is 5.32 Å². The van der Waals surface area contributed by atoms with E-state index >= 15 is 0 Å². The van der Waals surface area contributed by atoms with Crippen molar-refractivity contribution in [2.45, 2.75) is 19.3 Å². The summed E-state index contributed by atoms with van der Waals surface area (Å²) in [7, 11) is 3.45. The number of rotatable bonds is 5. The maximum absolute atomic E-state index is 12.0. The van der Waals surface area contributed by atoms with E-state index in [0.717, 1.165) is 12.4 Å². The highest BCUT2D eigenvalue weighted by Gasteiger charge is 2.20. The fraction of sp³-hybridized carbons (Fsp3) is 0.333. The summed E-state index contributed by atoms with van der Waals surface area (Å²) in [6.45, 7) is 5.11. The largest absolute Gasteiger partial charge is 0.369 e. The summed E-state index contributed by atoms with van der Waals surface area (Å²) in [5.41, 5.74) is 1.69. The lowest BCUT2D eigenvalue weighted by Gasteiger charge is -2.26. The summed E-state index contributed by atoms with van der Waals surface area (Å²) in [4.78, 5) is 17.9. The Hall–Kier alpha value is -2.36. The van der Waals surface area contributed by atoms with Crippen molar-refractivity contribution in [3.8, 4) is 0 Å². The molecule has 1 amide bonds. The average Bonchev–Trinajstić information content (AvgIpc) is 2.53. The van der Waals surface area contributed by atoms with Gasteiger partial charge in [-0.3, -0.25) is 4.79 Å². The van der Waals surface area contributed by atoms with Crippen LogP contribution in [0.5, 0.6) is 0 Å². The summed E-state index contributed by atoms with van der Waals surface area (Å²) in [6, 6.07) is 15.8. The summed E-state index contributed by atoms with van der Waals surface area (Å²) >= 11 is 0. The molecule has 0 aliphatic rings. The molecule has 0 atom stereocenters. The molecular formula is C18H23N3O. The molecule has 1 heterocycles. The third kappa shape index (κ3) is 3.85. The van der Waals surface area contributed by atoms with Crippen LogP contribution in [-0.4, -0.2) is 36.4 Å². The predicted octanol–water partition coefficient (Wildman–Crippen LogP) is 3.17. The van der Waals surface area contributed by atoms with E-state index in [1.54, 1.807) is 20.2 Å². The molecule has 4 nitrogen and oxygen atoms in total. The summed E-state index contributed by atoms with van der Waals surface area (Å²) in [6.07, 6.45) is 0. The molecular weight excluding hydrogens is 274 g/mol. The Morgan fingerprint density at radius 1 is 1.09 bits per heavy atom. The van der Waals surface area contributed by atoms with Crippen molar-refractivity contribution < 1.29 is 4.79 Å². The zero-order chi connectivity index (χ0) is 16.2. The second-order valence-electron chi connectivity index (χ2n) is 6.21. The van der Waals surface area contributed by atoms with Crippen molar-refractivity contribution in [3.05, 3.63) is 59.8 Å². The third-order valence-corrected chi connectivity index (χ3v) is 3.64. The number of hydrogen-bond donors (Lipinski definition) is 1. The first-order valence-corrected chi connectivity index (χ1v) is 7.38. The van der Waals surface area contributed by atoms with Crippen LogP contribution in [-0.2, 0) is 5.41 Å². The molecule has 1 N–H and O–H groups in total. The van der Waals surface area contributed by atoms with Gasteiger partial charge >= 0.3 is 0 Å². The molecule has 0 aliphatic heterocycles. The van der Waals surface area contributed by atoms with E-state index in [0.29, 0.717) is 5.69 Å². The molecule has 0 bridgehead atoms. The predicted molar refractivity (Wildman–Crippen MR) is 90.2 cm³/mol. The first-order chi connectivity index (χ1) is 10.4. The van der Waals surface area contributed by atoms with E-state index in [2.05, 4.69) is 36.3 Å². The highest BCUT2D eigenvalue weighted by atomic mass is 16.2. The zero-order valence-corrected chi connectivity index (χ0v) is 13.6. The molecule has 0 fully saturated rings. The van der Waals surface area contributed by atoms with Crippen molar-refractivity contribution in [3.63, 3.8) is 0 Å². The first-order valence-electron chi connectivity index (χ1n) is 7.38. The molecule has 22 heavy (non-hydrogen) atoms. The van der Waals surface area contributed by atoms with Gasteiger partial charge in [-0.1, -0.05) is 50.2 Å². The van der Waals surface area contributed by atoms with Crippen LogP contribution >= 0.6 is 0 Å². The first kappa shape index (κ1) is 16.0. The summed E-state index contributed by atoms with van der Waals surface area (Å²) < 4.78 is 0. The van der Waals surface area contributed by atoms with Crippen molar-refractivity contribution in [2.24, 2.45) is 0 Å². The van der Waals surface area contributed by atoms with Crippen LogP contribution in [0.2, 0.25) is 0 Å². The van der Waals surface area contributed by atoms with Gasteiger partial charge in [0.1, 0.15) is 11.5 Å². The highest BCUT2D eigenvalue weighted by Crippen LogP contribution is 2.23. The van der Waals surface area contributed by atoms with Gasteiger partial charge < -0.3 is 10.2 Å². The quantitative estimate of drug-likeness (QED) is 0.922. The van der Waals surface area contributed by atoms with Crippen LogP contribution in [0.25, 0.3) is 0 Å². The van der Waals surface area contributed by atoms with Gasteiger partial charge in [0.15, 0.2) is 0 Å². The number of aromatic nitrogens is 1. The normalized spacial score (nSPS) is 11.1. The third-order valence-electron chi connectivity index (χ3n) is 3.64. The van der Waals surface area contributed by atoms with Crippen molar-refractivity contribution in [2.75, 3.05) is 26.0 Å². The van der Waals surface area contributed by atoms with E-state index < -0.39 is 0 Å². The molecule has 1 aromatic carbocycles. The molecule has 0 saturated heterocycles. The van der Waals surface area contributed by atoms with Crippen LogP contribution in [0.1, 0.15) is 29.9 Å². The second kappa shape index (κ2) is 6.60. The van der Waals surface area contributed by atoms with Gasteiger partial charge in [0.2, 0.25) is 0 Å². The van der Waals surface area contributed by atoms with Gasteiger partial charge in [-0.15, -0.1) is 0 Å². The van der Waals surface area contributed by atoms with Gasteiger partial charge in [-0.2, -0.15) is 0 Å². The molecule has 2 rings (SSSR count). The maximum Gasteiger partial charge on any atom is 0.272 e. The lowest BCUT2D eigenvalue weighted by molar-refractivity contribution is 0.0822. The standard InChI is InChI=1S/C18H23N3O/c1-18(2,14-9-6-5-7-10-14)13-19-16-12-8-11-15(20-16)17(22)21(3)4/h5-12H,13H2,1-4H3,(H,19,20). The summed E-state index contributed by atoms with van der Waals surface area (Å²) in [5, 5.41) is 3.34. The molecule has 0 saturated carbocycles. The van der Waals surface area contributed by atoms with Gasteiger partial charge in [0.05, 0.1) is 0 Å². The Balaban J connectivity index is 2.09. The fourth-order valence-electron chi connectivity index (χ4n) is 2.18. The van der Waals surface area contributed by atoms with Crippen LogP contribution in [0, 0.1) is 0 Å². The Morgan fingerprint density at radius 3 is 2.41 bits per heavy atom. The SMILES string of the molecule is CN(C)C(=O)c1cccc(NCC(C)(C)c2ccccc2)n1. The van der Waals surface area contributed by atoms with E-state index in [4.69, 9.17) is 0 Å². The van der Waals surface area contributed by atoms with E-state index in [1.165, 1.54) is 10.5 Å². The fourth-order valence-corrected chi connectivity index (χ4v) is 2.18. The van der Waals surface area contributed by atoms with Crippen molar-refractivity contribution in [1.82, 2.24) is 9.88 Å². The lowest BCUT2D eigenvalue weighted by atomic mass is 9.84. The molecule has 1 aromatic heterocycles. The molecule has 116 valence electrons. The van der Waals surface area contributed by atoms with Gasteiger partial charge in [0, 0.05) is 26.1 Å². The number of nitrogens with one attached hydrogen (secondary N) is 1. The molecule has 4 heteroatoms. The number of carbonyl (C=O) groups is 1. The highest BCUT2D eigenvalue weighted by molar-refractivity contribution is 5.92. The summed E-state index contributed by atoms with van der Waals surface area (Å²) in [5.74, 6) is 0.627. The second-order valence-corrected chi connectivity index (χ2v) is 6.21. The zero-order valence-electron chi connectivity index (χ0n) is 13.6. The molecule has 0 aliphatic carbocycles. The van der Waals surface area contributed by atoms with E-state index in [1.807, 2.05) is 30.3 Å². The minimum atomic E-state index is -0.0917. The number of benzene rings is 1. The van der Waals surface area contributed by atoms with Crippen molar-refractivity contribution >= 4 is 11.7 Å². The Labute approximate surface area is 132 Å². The monoisotopic (exact) mass is 297 g/mol. The Morgan fingerprint density at radius 2 is 1.77 bits per heavy atom. The number of nitrogens with zero attached hydrogens (tertiary/aromatic N) is 2. The number of hydrogen-bond acceptors (Lipinski definition) is 3. The van der Waals surface area contributed by atoms with Crippen LogP contribution in [0.4, 0.5) is 5.82 Å². The Bertz CT molecular complexity index is 636. The van der Waals surface area contributed by atoms with Gasteiger partial charge in [-0.05, 0) is 17.7 Å². The van der Waals surface area contributed by atoms with Crippen LogP contribution in [0.15, 0.2) is 48.5 Å². The molecule has 0 radical (unpaired) electrons. The smallest absolute Gasteiger partial charge is 0.272 e. The van der Waals surface area contributed by atoms with Crippen molar-refractivity contribution in [1.29, 1.82) is 0 Å². The number of pyridine rings is 1. The minimum absolute atomic E-state index is 0.0233. The topological polar surface area (TPSA) is 45.2 Å². The minimum Gasteiger partial charge on any atom is -0.369 e. The maximum atomic E-state index is 12.0. The van der Waals surface area contributed by atoms with Gasteiger partial charge in [0.25, 0.3) is 5.91 Å². The van der Waals surface area contributed by atoms with Gasteiger partial charge in [-0.25, -0.2) is 4.98 Å². The van der Waals surface area contributed by atoms with E-state index in [-0.39, 0.29) is 11.3 Å². The van der Waals surface area contributed by atoms with E-state index in [9.17, 15) is 4.79 Å². The Kier molecular flexibility index (Phi) is 4.81. The molecule has 0 spiro atoms. The van der Waals surface area contributed by atoms with Crippen LogP contribution in [0.3, 0.4) is 0 Å². The average molecular weight is 297 g/mol.